The summed E-state index contributed by atoms with van der Waals surface area (Å²) in [5, 5.41) is 6.30. The second kappa shape index (κ2) is 6.50. The van der Waals surface area contributed by atoms with E-state index in [0.29, 0.717) is 18.9 Å². The second-order valence-corrected chi connectivity index (χ2v) is 4.98. The number of aryl methyl sites for hydroxylation is 1. The van der Waals surface area contributed by atoms with Crippen LogP contribution in [0.4, 0.5) is 0 Å². The average Bonchev–Trinajstić information content (AvgIpc) is 2.88. The number of carbonyl (C=O) groups excluding carboxylic acids is 1. The number of rotatable bonds is 5. The van der Waals surface area contributed by atoms with Crippen molar-refractivity contribution in [3.8, 4) is 0 Å². The Labute approximate surface area is 108 Å². The highest BCUT2D eigenvalue weighted by Gasteiger charge is 2.15. The molecule has 1 amide bonds. The van der Waals surface area contributed by atoms with Gasteiger partial charge < -0.3 is 10.6 Å². The van der Waals surface area contributed by atoms with E-state index in [2.05, 4.69) is 15.6 Å². The van der Waals surface area contributed by atoms with Gasteiger partial charge in [-0.05, 0) is 56.0 Å². The molecule has 4 nitrogen and oxygen atoms in total. The van der Waals surface area contributed by atoms with Gasteiger partial charge in [0.25, 0.3) is 0 Å². The molecule has 1 fully saturated rings. The number of carbonyl (C=O) groups is 1. The summed E-state index contributed by atoms with van der Waals surface area (Å²) in [7, 11) is 0. The highest BCUT2D eigenvalue weighted by molar-refractivity contribution is 5.75. The van der Waals surface area contributed by atoms with Gasteiger partial charge in [-0.3, -0.25) is 9.78 Å². The number of hydrogen-bond donors (Lipinski definition) is 2. The molecule has 0 saturated carbocycles. The molecule has 0 aliphatic carbocycles. The summed E-state index contributed by atoms with van der Waals surface area (Å²) in [4.78, 5) is 15.8. The Morgan fingerprint density at radius 2 is 2.50 bits per heavy atom. The first-order valence-corrected chi connectivity index (χ1v) is 6.62. The molecule has 2 rings (SSSR count). The van der Waals surface area contributed by atoms with Gasteiger partial charge >= 0.3 is 0 Å². The largest absolute Gasteiger partial charge is 0.352 e. The summed E-state index contributed by atoms with van der Waals surface area (Å²) in [6.07, 6.45) is 6.42. The average molecular weight is 247 g/mol. The molecule has 0 radical (unpaired) electrons. The summed E-state index contributed by atoms with van der Waals surface area (Å²) >= 11 is 0. The Morgan fingerprint density at radius 3 is 3.22 bits per heavy atom. The van der Waals surface area contributed by atoms with Crippen molar-refractivity contribution in [2.75, 3.05) is 13.1 Å². The fourth-order valence-electron chi connectivity index (χ4n) is 2.28. The zero-order valence-electron chi connectivity index (χ0n) is 10.9. The van der Waals surface area contributed by atoms with E-state index in [1.54, 1.807) is 6.20 Å². The van der Waals surface area contributed by atoms with Gasteiger partial charge in [0.15, 0.2) is 0 Å². The summed E-state index contributed by atoms with van der Waals surface area (Å²) in [5.74, 6) is 0.830. The number of nitrogens with zero attached hydrogens (tertiary/aromatic N) is 1. The van der Waals surface area contributed by atoms with Gasteiger partial charge in [0.1, 0.15) is 0 Å². The molecule has 1 aliphatic rings. The lowest BCUT2D eigenvalue weighted by Gasteiger charge is -2.09. The van der Waals surface area contributed by atoms with Gasteiger partial charge in [0, 0.05) is 25.4 Å². The molecular weight excluding hydrogens is 226 g/mol. The monoisotopic (exact) mass is 247 g/mol. The number of hydrogen-bond acceptors (Lipinski definition) is 3. The van der Waals surface area contributed by atoms with Crippen LogP contribution >= 0.6 is 0 Å². The summed E-state index contributed by atoms with van der Waals surface area (Å²) < 4.78 is 0. The third kappa shape index (κ3) is 3.81. The van der Waals surface area contributed by atoms with Gasteiger partial charge in [-0.25, -0.2) is 0 Å². The van der Waals surface area contributed by atoms with E-state index in [4.69, 9.17) is 0 Å². The zero-order valence-corrected chi connectivity index (χ0v) is 10.9. The van der Waals surface area contributed by atoms with Gasteiger partial charge in [-0.15, -0.1) is 0 Å². The molecule has 98 valence electrons. The summed E-state index contributed by atoms with van der Waals surface area (Å²) in [6.45, 7) is 4.79. The molecule has 1 aromatic rings. The number of amides is 1. The van der Waals surface area contributed by atoms with Crippen LogP contribution in [0.15, 0.2) is 18.5 Å². The Balaban J connectivity index is 1.69. The van der Waals surface area contributed by atoms with Crippen LogP contribution in [-0.2, 0) is 11.3 Å². The van der Waals surface area contributed by atoms with Crippen molar-refractivity contribution in [2.24, 2.45) is 5.92 Å². The molecule has 1 saturated heterocycles. The van der Waals surface area contributed by atoms with E-state index in [9.17, 15) is 4.79 Å². The summed E-state index contributed by atoms with van der Waals surface area (Å²) in [6, 6.07) is 1.95. The topological polar surface area (TPSA) is 54.0 Å². The molecule has 1 unspecified atom stereocenters. The zero-order chi connectivity index (χ0) is 12.8. The van der Waals surface area contributed by atoms with Crippen molar-refractivity contribution in [3.05, 3.63) is 29.6 Å². The third-order valence-electron chi connectivity index (χ3n) is 3.55. The molecule has 2 N–H and O–H groups in total. The lowest BCUT2D eigenvalue weighted by atomic mass is 10.0. The number of nitrogens with one attached hydrogen (secondary N) is 2. The van der Waals surface area contributed by atoms with E-state index in [1.807, 2.05) is 19.2 Å². The van der Waals surface area contributed by atoms with Crippen LogP contribution < -0.4 is 10.6 Å². The number of aromatic nitrogens is 1. The molecule has 2 heterocycles. The van der Waals surface area contributed by atoms with Crippen molar-refractivity contribution < 1.29 is 4.79 Å². The van der Waals surface area contributed by atoms with E-state index < -0.39 is 0 Å². The van der Waals surface area contributed by atoms with Crippen LogP contribution in [0, 0.1) is 12.8 Å². The third-order valence-corrected chi connectivity index (χ3v) is 3.55. The molecule has 0 bridgehead atoms. The van der Waals surface area contributed by atoms with E-state index in [-0.39, 0.29) is 5.91 Å². The lowest BCUT2D eigenvalue weighted by molar-refractivity contribution is -0.121. The molecule has 0 aromatic carbocycles. The normalized spacial score (nSPS) is 18.8. The first-order valence-electron chi connectivity index (χ1n) is 6.62. The van der Waals surface area contributed by atoms with Crippen molar-refractivity contribution in [3.63, 3.8) is 0 Å². The van der Waals surface area contributed by atoms with Crippen molar-refractivity contribution in [1.29, 1.82) is 0 Å². The highest BCUT2D eigenvalue weighted by Crippen LogP contribution is 2.14. The summed E-state index contributed by atoms with van der Waals surface area (Å²) in [5.41, 5.74) is 2.26. The minimum atomic E-state index is 0.151. The van der Waals surface area contributed by atoms with Crippen LogP contribution in [0.1, 0.15) is 30.4 Å². The maximum atomic E-state index is 11.7. The highest BCUT2D eigenvalue weighted by atomic mass is 16.1. The molecular formula is C14H21N3O. The van der Waals surface area contributed by atoms with Gasteiger partial charge in [0.05, 0.1) is 0 Å². The minimum absolute atomic E-state index is 0.151. The van der Waals surface area contributed by atoms with Gasteiger partial charge in [-0.1, -0.05) is 0 Å². The fraction of sp³-hybridized carbons (Fsp3) is 0.571. The fourth-order valence-corrected chi connectivity index (χ4v) is 2.28. The van der Waals surface area contributed by atoms with Crippen molar-refractivity contribution in [2.45, 2.75) is 32.7 Å². The Bertz CT molecular complexity index is 400. The van der Waals surface area contributed by atoms with Crippen LogP contribution in [0.2, 0.25) is 0 Å². The van der Waals surface area contributed by atoms with Crippen LogP contribution in [-0.4, -0.2) is 24.0 Å². The molecule has 0 spiro atoms. The molecule has 1 aliphatic heterocycles. The van der Waals surface area contributed by atoms with E-state index in [1.165, 1.54) is 6.42 Å². The predicted molar refractivity (Wildman–Crippen MR) is 71.0 cm³/mol. The van der Waals surface area contributed by atoms with Crippen LogP contribution in [0.25, 0.3) is 0 Å². The van der Waals surface area contributed by atoms with Gasteiger partial charge in [0.2, 0.25) is 5.91 Å². The maximum absolute atomic E-state index is 11.7. The minimum Gasteiger partial charge on any atom is -0.352 e. The smallest absolute Gasteiger partial charge is 0.220 e. The first kappa shape index (κ1) is 13.0. The van der Waals surface area contributed by atoms with Crippen LogP contribution in [0.5, 0.6) is 0 Å². The molecule has 1 atom stereocenters. The first-order chi connectivity index (χ1) is 8.75. The lowest BCUT2D eigenvalue weighted by Crippen LogP contribution is -2.24. The Morgan fingerprint density at radius 1 is 1.61 bits per heavy atom. The quantitative estimate of drug-likeness (QED) is 0.827. The molecule has 1 aromatic heterocycles. The van der Waals surface area contributed by atoms with Crippen molar-refractivity contribution >= 4 is 5.91 Å². The SMILES string of the molecule is Cc1cnccc1CNC(=O)CCC1CCNC1. The standard InChI is InChI=1S/C14H21N3O/c1-11-8-15-7-5-13(11)10-17-14(18)3-2-12-4-6-16-9-12/h5,7-8,12,16H,2-4,6,9-10H2,1H3,(H,17,18). The Hall–Kier alpha value is -1.42. The van der Waals surface area contributed by atoms with Gasteiger partial charge in [-0.2, -0.15) is 0 Å². The number of pyridine rings is 1. The predicted octanol–water partition coefficient (Wildman–Crippen LogP) is 1.40. The molecule has 18 heavy (non-hydrogen) atoms. The second-order valence-electron chi connectivity index (χ2n) is 4.98. The Kier molecular flexibility index (Phi) is 4.70. The maximum Gasteiger partial charge on any atom is 0.220 e. The van der Waals surface area contributed by atoms with E-state index in [0.717, 1.165) is 30.6 Å². The van der Waals surface area contributed by atoms with Crippen LogP contribution in [0.3, 0.4) is 0 Å². The van der Waals surface area contributed by atoms with Crippen molar-refractivity contribution in [1.82, 2.24) is 15.6 Å². The van der Waals surface area contributed by atoms with E-state index >= 15 is 0 Å². The molecule has 4 heteroatoms.